The molecule has 2 rings (SSSR count). The highest BCUT2D eigenvalue weighted by Crippen LogP contribution is 2.15. The number of carbonyl (C=O) groups excluding carboxylic acids is 1. The molecule has 0 aromatic carbocycles. The van der Waals surface area contributed by atoms with Gasteiger partial charge in [-0.15, -0.1) is 0 Å². The second kappa shape index (κ2) is 7.98. The number of nitrogens with one attached hydrogen (secondary N) is 1. The Labute approximate surface area is 126 Å². The number of unbranched alkanes of at least 4 members (excludes halogenated alkanes) is 1. The maximum atomic E-state index is 12.3. The predicted molar refractivity (Wildman–Crippen MR) is 83.6 cm³/mol. The normalized spacial score (nSPS) is 17.7. The van der Waals surface area contributed by atoms with Gasteiger partial charge >= 0.3 is 0 Å². The average Bonchev–Trinajstić information content (AvgIpc) is 3.03. The van der Waals surface area contributed by atoms with Gasteiger partial charge < -0.3 is 15.0 Å². The van der Waals surface area contributed by atoms with Crippen LogP contribution in [0.1, 0.15) is 43.1 Å². The van der Waals surface area contributed by atoms with E-state index in [0.717, 1.165) is 51.1 Å². The summed E-state index contributed by atoms with van der Waals surface area (Å²) in [6, 6.07) is 3.71. The van der Waals surface area contributed by atoms with Crippen molar-refractivity contribution in [1.29, 1.82) is 0 Å². The van der Waals surface area contributed by atoms with Crippen LogP contribution >= 0.6 is 0 Å². The molecule has 21 heavy (non-hydrogen) atoms. The first-order valence-corrected chi connectivity index (χ1v) is 7.77. The van der Waals surface area contributed by atoms with Crippen molar-refractivity contribution in [3.63, 3.8) is 0 Å². The van der Waals surface area contributed by atoms with Crippen molar-refractivity contribution in [1.82, 2.24) is 9.88 Å². The molecule has 1 fully saturated rings. The van der Waals surface area contributed by atoms with E-state index < -0.39 is 0 Å². The molecule has 1 saturated heterocycles. The first-order valence-electron chi connectivity index (χ1n) is 7.77. The summed E-state index contributed by atoms with van der Waals surface area (Å²) in [7, 11) is 1.83. The summed E-state index contributed by atoms with van der Waals surface area (Å²) in [5.74, 6) is -0.0239. The number of ether oxygens (including phenoxy) is 1. The number of pyridine rings is 1. The second-order valence-electron chi connectivity index (χ2n) is 5.53. The number of hydrogen-bond acceptors (Lipinski definition) is 4. The van der Waals surface area contributed by atoms with Crippen LogP contribution < -0.4 is 5.32 Å². The van der Waals surface area contributed by atoms with Crippen LogP contribution in [0.4, 0.5) is 5.69 Å². The number of hydrogen-bond donors (Lipinski definition) is 1. The fraction of sp³-hybridized carbons (Fsp3) is 0.625. The van der Waals surface area contributed by atoms with E-state index in [2.05, 4.69) is 17.2 Å². The molecule has 2 heterocycles. The summed E-state index contributed by atoms with van der Waals surface area (Å²) in [6.45, 7) is 4.52. The van der Waals surface area contributed by atoms with Gasteiger partial charge in [-0.25, -0.2) is 0 Å². The summed E-state index contributed by atoms with van der Waals surface area (Å²) >= 11 is 0. The standard InChI is InChI=1S/C16H25N3O2/c1-3-4-9-19(2)16(20)15-11-13(7-8-17-15)18-12-14-6-5-10-21-14/h7-8,11,14H,3-6,9-10,12H2,1-2H3,(H,17,18). The molecule has 116 valence electrons. The van der Waals surface area contributed by atoms with Crippen LogP contribution in [0.3, 0.4) is 0 Å². The molecule has 1 aliphatic heterocycles. The van der Waals surface area contributed by atoms with Crippen LogP contribution in [0.25, 0.3) is 0 Å². The van der Waals surface area contributed by atoms with Gasteiger partial charge in [0.15, 0.2) is 0 Å². The summed E-state index contributed by atoms with van der Waals surface area (Å²) in [5, 5.41) is 3.33. The Hall–Kier alpha value is -1.62. The number of nitrogens with zero attached hydrogens (tertiary/aromatic N) is 2. The number of amides is 1. The lowest BCUT2D eigenvalue weighted by atomic mass is 10.2. The minimum atomic E-state index is -0.0239. The molecule has 0 saturated carbocycles. The molecule has 0 bridgehead atoms. The summed E-state index contributed by atoms with van der Waals surface area (Å²) in [6.07, 6.45) is 6.29. The number of anilines is 1. The van der Waals surface area contributed by atoms with Crippen LogP contribution in [0, 0.1) is 0 Å². The molecule has 1 N–H and O–H groups in total. The van der Waals surface area contributed by atoms with Gasteiger partial charge in [-0.2, -0.15) is 0 Å². The molecule has 1 aliphatic rings. The predicted octanol–water partition coefficient (Wildman–Crippen LogP) is 2.54. The van der Waals surface area contributed by atoms with Crippen LogP contribution in [0.2, 0.25) is 0 Å². The molecule has 5 heteroatoms. The Morgan fingerprint density at radius 3 is 3.14 bits per heavy atom. The fourth-order valence-electron chi connectivity index (χ4n) is 2.39. The molecule has 0 spiro atoms. The van der Waals surface area contributed by atoms with E-state index in [1.54, 1.807) is 11.1 Å². The Bertz CT molecular complexity index is 459. The molecular weight excluding hydrogens is 266 g/mol. The largest absolute Gasteiger partial charge is 0.382 e. The molecular formula is C16H25N3O2. The lowest BCUT2D eigenvalue weighted by molar-refractivity contribution is 0.0787. The van der Waals surface area contributed by atoms with Crippen molar-refractivity contribution in [2.24, 2.45) is 0 Å². The Kier molecular flexibility index (Phi) is 5.99. The van der Waals surface area contributed by atoms with E-state index in [1.807, 2.05) is 19.2 Å². The van der Waals surface area contributed by atoms with E-state index >= 15 is 0 Å². The molecule has 1 aromatic rings. The molecule has 1 atom stereocenters. The van der Waals surface area contributed by atoms with Gasteiger partial charge in [0, 0.05) is 38.6 Å². The minimum Gasteiger partial charge on any atom is -0.382 e. The zero-order valence-corrected chi connectivity index (χ0v) is 13.0. The van der Waals surface area contributed by atoms with E-state index in [9.17, 15) is 4.79 Å². The summed E-state index contributed by atoms with van der Waals surface area (Å²) in [5.41, 5.74) is 1.42. The van der Waals surface area contributed by atoms with Gasteiger partial charge in [0.25, 0.3) is 5.91 Å². The highest BCUT2D eigenvalue weighted by atomic mass is 16.5. The lowest BCUT2D eigenvalue weighted by Crippen LogP contribution is -2.28. The van der Waals surface area contributed by atoms with Crippen LogP contribution in [0.15, 0.2) is 18.3 Å². The van der Waals surface area contributed by atoms with Crippen molar-refractivity contribution >= 4 is 11.6 Å². The third-order valence-electron chi connectivity index (χ3n) is 3.73. The quantitative estimate of drug-likeness (QED) is 0.839. The molecule has 1 amide bonds. The van der Waals surface area contributed by atoms with Gasteiger partial charge in [0.05, 0.1) is 6.10 Å². The van der Waals surface area contributed by atoms with Gasteiger partial charge in [-0.05, 0) is 31.4 Å². The first-order chi connectivity index (χ1) is 10.2. The van der Waals surface area contributed by atoms with Crippen molar-refractivity contribution in [3.8, 4) is 0 Å². The molecule has 1 aromatic heterocycles. The second-order valence-corrected chi connectivity index (χ2v) is 5.53. The third-order valence-corrected chi connectivity index (χ3v) is 3.73. The van der Waals surface area contributed by atoms with Crippen molar-refractivity contribution in [2.75, 3.05) is 32.1 Å². The zero-order valence-electron chi connectivity index (χ0n) is 13.0. The van der Waals surface area contributed by atoms with E-state index in [1.165, 1.54) is 0 Å². The first kappa shape index (κ1) is 15.8. The molecule has 5 nitrogen and oxygen atoms in total. The monoisotopic (exact) mass is 291 g/mol. The maximum Gasteiger partial charge on any atom is 0.272 e. The summed E-state index contributed by atoms with van der Waals surface area (Å²) in [4.78, 5) is 18.2. The third kappa shape index (κ3) is 4.70. The number of rotatable bonds is 7. The van der Waals surface area contributed by atoms with E-state index in [0.29, 0.717) is 5.69 Å². The highest BCUT2D eigenvalue weighted by molar-refractivity contribution is 5.92. The fourth-order valence-corrected chi connectivity index (χ4v) is 2.39. The molecule has 1 unspecified atom stereocenters. The van der Waals surface area contributed by atoms with Crippen LogP contribution in [-0.4, -0.2) is 48.6 Å². The van der Waals surface area contributed by atoms with Crippen LogP contribution in [0.5, 0.6) is 0 Å². The minimum absolute atomic E-state index is 0.0239. The number of carbonyl (C=O) groups is 1. The van der Waals surface area contributed by atoms with Gasteiger partial charge in [0.2, 0.25) is 0 Å². The molecule has 0 aliphatic carbocycles. The Morgan fingerprint density at radius 1 is 1.57 bits per heavy atom. The Morgan fingerprint density at radius 2 is 2.43 bits per heavy atom. The van der Waals surface area contributed by atoms with Crippen molar-refractivity contribution in [3.05, 3.63) is 24.0 Å². The topological polar surface area (TPSA) is 54.5 Å². The molecule has 0 radical (unpaired) electrons. The lowest BCUT2D eigenvalue weighted by Gasteiger charge is -2.17. The van der Waals surface area contributed by atoms with Crippen molar-refractivity contribution in [2.45, 2.75) is 38.7 Å². The van der Waals surface area contributed by atoms with Crippen LogP contribution in [-0.2, 0) is 4.74 Å². The SMILES string of the molecule is CCCCN(C)C(=O)c1cc(NCC2CCCO2)ccn1. The van der Waals surface area contributed by atoms with E-state index in [-0.39, 0.29) is 12.0 Å². The highest BCUT2D eigenvalue weighted by Gasteiger charge is 2.16. The maximum absolute atomic E-state index is 12.3. The van der Waals surface area contributed by atoms with Gasteiger partial charge in [0.1, 0.15) is 5.69 Å². The van der Waals surface area contributed by atoms with E-state index in [4.69, 9.17) is 4.74 Å². The average molecular weight is 291 g/mol. The van der Waals surface area contributed by atoms with Gasteiger partial charge in [-0.3, -0.25) is 9.78 Å². The zero-order chi connectivity index (χ0) is 15.1. The smallest absolute Gasteiger partial charge is 0.272 e. The van der Waals surface area contributed by atoms with Crippen molar-refractivity contribution < 1.29 is 9.53 Å². The summed E-state index contributed by atoms with van der Waals surface area (Å²) < 4.78 is 5.58. The van der Waals surface area contributed by atoms with Gasteiger partial charge in [-0.1, -0.05) is 13.3 Å². The number of aromatic nitrogens is 1. The Balaban J connectivity index is 1.91.